The van der Waals surface area contributed by atoms with Crippen LogP contribution in [0.4, 0.5) is 10.5 Å². The van der Waals surface area contributed by atoms with Gasteiger partial charge in [0, 0.05) is 11.7 Å². The number of amides is 2. The summed E-state index contributed by atoms with van der Waals surface area (Å²) in [6.45, 7) is 6.13. The summed E-state index contributed by atoms with van der Waals surface area (Å²) in [7, 11) is 0. The first-order valence-corrected chi connectivity index (χ1v) is 7.33. The number of benzene rings is 1. The van der Waals surface area contributed by atoms with Gasteiger partial charge in [-0.3, -0.25) is 0 Å². The minimum atomic E-state index is -0.532. The van der Waals surface area contributed by atoms with Gasteiger partial charge in [0.05, 0.1) is 6.10 Å². The van der Waals surface area contributed by atoms with E-state index in [9.17, 15) is 9.90 Å². The van der Waals surface area contributed by atoms with Crippen LogP contribution in [0.25, 0.3) is 0 Å². The third-order valence-corrected chi connectivity index (χ3v) is 4.41. The lowest BCUT2D eigenvalue weighted by Gasteiger charge is -2.20. The van der Waals surface area contributed by atoms with Crippen molar-refractivity contribution in [1.82, 2.24) is 5.32 Å². The van der Waals surface area contributed by atoms with Crippen LogP contribution in [0.5, 0.6) is 0 Å². The number of hydrogen-bond acceptors (Lipinski definition) is 2. The van der Waals surface area contributed by atoms with Crippen LogP contribution < -0.4 is 10.6 Å². The Hall–Kier alpha value is -1.55. The monoisotopic (exact) mass is 276 g/mol. The van der Waals surface area contributed by atoms with Crippen molar-refractivity contribution in [3.05, 3.63) is 29.8 Å². The molecule has 0 radical (unpaired) electrons. The van der Waals surface area contributed by atoms with E-state index >= 15 is 0 Å². The Balaban J connectivity index is 1.93. The highest BCUT2D eigenvalue weighted by Gasteiger charge is 2.30. The Morgan fingerprint density at radius 3 is 2.70 bits per heavy atom. The predicted molar refractivity (Wildman–Crippen MR) is 80.6 cm³/mol. The Kier molecular flexibility index (Phi) is 4.65. The highest BCUT2D eigenvalue weighted by atomic mass is 16.3. The molecule has 4 heteroatoms. The number of rotatable bonds is 3. The van der Waals surface area contributed by atoms with Crippen LogP contribution in [0.3, 0.4) is 0 Å². The van der Waals surface area contributed by atoms with Crippen molar-refractivity contribution in [3.8, 4) is 0 Å². The zero-order valence-electron chi connectivity index (χ0n) is 12.4. The maximum Gasteiger partial charge on any atom is 0.319 e. The maximum atomic E-state index is 12.0. The van der Waals surface area contributed by atoms with Crippen LogP contribution in [0.1, 0.15) is 45.3 Å². The van der Waals surface area contributed by atoms with E-state index in [2.05, 4.69) is 24.5 Å². The SMILES string of the molecule is CC(O)c1cccc(NC(=O)NC2CCC(C)C2C)c1. The first-order valence-electron chi connectivity index (χ1n) is 7.33. The first-order chi connectivity index (χ1) is 9.47. The van der Waals surface area contributed by atoms with Crippen LogP contribution in [-0.4, -0.2) is 17.2 Å². The average Bonchev–Trinajstić information content (AvgIpc) is 2.71. The molecule has 0 spiro atoms. The van der Waals surface area contributed by atoms with E-state index in [-0.39, 0.29) is 12.1 Å². The highest BCUT2D eigenvalue weighted by Crippen LogP contribution is 2.31. The summed E-state index contributed by atoms with van der Waals surface area (Å²) in [5.41, 5.74) is 1.50. The van der Waals surface area contributed by atoms with Crippen molar-refractivity contribution in [2.45, 2.75) is 45.8 Å². The molecule has 4 atom stereocenters. The predicted octanol–water partition coefficient (Wildman–Crippen LogP) is 3.30. The van der Waals surface area contributed by atoms with Gasteiger partial charge in [0.1, 0.15) is 0 Å². The number of aliphatic hydroxyl groups is 1. The van der Waals surface area contributed by atoms with Gasteiger partial charge in [-0.2, -0.15) is 0 Å². The second-order valence-corrected chi connectivity index (χ2v) is 5.92. The van der Waals surface area contributed by atoms with Gasteiger partial charge in [0.2, 0.25) is 0 Å². The molecule has 0 aromatic heterocycles. The van der Waals surface area contributed by atoms with E-state index in [1.165, 1.54) is 6.42 Å². The fourth-order valence-corrected chi connectivity index (χ4v) is 2.78. The number of hydrogen-bond donors (Lipinski definition) is 3. The van der Waals surface area contributed by atoms with Gasteiger partial charge in [-0.25, -0.2) is 4.79 Å². The fraction of sp³-hybridized carbons (Fsp3) is 0.562. The largest absolute Gasteiger partial charge is 0.389 e. The summed E-state index contributed by atoms with van der Waals surface area (Å²) in [5.74, 6) is 1.18. The number of nitrogens with one attached hydrogen (secondary N) is 2. The Labute approximate surface area is 120 Å². The minimum Gasteiger partial charge on any atom is -0.389 e. The smallest absolute Gasteiger partial charge is 0.319 e. The molecule has 20 heavy (non-hydrogen) atoms. The van der Waals surface area contributed by atoms with Gasteiger partial charge in [-0.15, -0.1) is 0 Å². The molecule has 3 N–H and O–H groups in total. The molecule has 4 unspecified atom stereocenters. The molecule has 4 nitrogen and oxygen atoms in total. The van der Waals surface area contributed by atoms with Crippen LogP contribution in [0.2, 0.25) is 0 Å². The average molecular weight is 276 g/mol. The molecule has 1 saturated carbocycles. The third kappa shape index (κ3) is 3.51. The van der Waals surface area contributed by atoms with E-state index in [0.29, 0.717) is 17.5 Å². The minimum absolute atomic E-state index is 0.168. The first kappa shape index (κ1) is 14.9. The molecule has 1 fully saturated rings. The fourth-order valence-electron chi connectivity index (χ4n) is 2.78. The molecule has 1 aliphatic rings. The lowest BCUT2D eigenvalue weighted by molar-refractivity contribution is 0.199. The summed E-state index contributed by atoms with van der Waals surface area (Å²) >= 11 is 0. The molecule has 2 amide bonds. The molecule has 0 aliphatic heterocycles. The molecule has 0 heterocycles. The number of aliphatic hydroxyl groups excluding tert-OH is 1. The molecule has 0 saturated heterocycles. The molecular weight excluding hydrogens is 252 g/mol. The number of carbonyl (C=O) groups is 1. The van der Waals surface area contributed by atoms with E-state index in [4.69, 9.17) is 0 Å². The maximum absolute atomic E-state index is 12.0. The van der Waals surface area contributed by atoms with Gasteiger partial charge in [0.25, 0.3) is 0 Å². The Morgan fingerprint density at radius 1 is 1.35 bits per heavy atom. The normalized spacial score (nSPS) is 27.1. The van der Waals surface area contributed by atoms with Gasteiger partial charge in [-0.1, -0.05) is 26.0 Å². The van der Waals surface area contributed by atoms with Crippen molar-refractivity contribution in [3.63, 3.8) is 0 Å². The van der Waals surface area contributed by atoms with Crippen molar-refractivity contribution >= 4 is 11.7 Å². The second kappa shape index (κ2) is 6.27. The Morgan fingerprint density at radius 2 is 2.10 bits per heavy atom. The standard InChI is InChI=1S/C16H24N2O2/c1-10-7-8-15(11(10)2)18-16(20)17-14-6-4-5-13(9-14)12(3)19/h4-6,9-12,15,19H,7-8H2,1-3H3,(H2,17,18,20). The van der Waals surface area contributed by atoms with E-state index in [1.54, 1.807) is 13.0 Å². The molecular formula is C16H24N2O2. The summed E-state index contributed by atoms with van der Waals surface area (Å²) in [4.78, 5) is 12.0. The number of urea groups is 1. The van der Waals surface area contributed by atoms with Gasteiger partial charge < -0.3 is 15.7 Å². The molecule has 1 aliphatic carbocycles. The second-order valence-electron chi connectivity index (χ2n) is 5.92. The topological polar surface area (TPSA) is 61.4 Å². The van der Waals surface area contributed by atoms with Crippen molar-refractivity contribution < 1.29 is 9.90 Å². The van der Waals surface area contributed by atoms with Crippen LogP contribution in [0.15, 0.2) is 24.3 Å². The van der Waals surface area contributed by atoms with Crippen LogP contribution in [-0.2, 0) is 0 Å². The van der Waals surface area contributed by atoms with Gasteiger partial charge in [0.15, 0.2) is 0 Å². The van der Waals surface area contributed by atoms with Crippen molar-refractivity contribution in [2.75, 3.05) is 5.32 Å². The van der Waals surface area contributed by atoms with Crippen LogP contribution in [0, 0.1) is 11.8 Å². The van der Waals surface area contributed by atoms with E-state index < -0.39 is 6.10 Å². The summed E-state index contributed by atoms with van der Waals surface area (Å²) in [6, 6.07) is 7.38. The summed E-state index contributed by atoms with van der Waals surface area (Å²) in [6.07, 6.45) is 1.68. The van der Waals surface area contributed by atoms with Crippen molar-refractivity contribution in [2.24, 2.45) is 11.8 Å². The molecule has 110 valence electrons. The lowest BCUT2D eigenvalue weighted by atomic mass is 9.98. The number of anilines is 1. The van der Waals surface area contributed by atoms with E-state index in [1.807, 2.05) is 18.2 Å². The van der Waals surface area contributed by atoms with Gasteiger partial charge in [-0.05, 0) is 49.3 Å². The van der Waals surface area contributed by atoms with Crippen LogP contribution >= 0.6 is 0 Å². The zero-order chi connectivity index (χ0) is 14.7. The third-order valence-electron chi connectivity index (χ3n) is 4.41. The summed E-state index contributed by atoms with van der Waals surface area (Å²) in [5, 5.41) is 15.4. The highest BCUT2D eigenvalue weighted by molar-refractivity contribution is 5.89. The summed E-state index contributed by atoms with van der Waals surface area (Å²) < 4.78 is 0. The molecule has 2 rings (SSSR count). The van der Waals surface area contributed by atoms with Gasteiger partial charge >= 0.3 is 6.03 Å². The van der Waals surface area contributed by atoms with Crippen molar-refractivity contribution in [1.29, 1.82) is 0 Å². The molecule has 0 bridgehead atoms. The molecule has 1 aromatic carbocycles. The number of carbonyl (C=O) groups excluding carboxylic acids is 1. The Bertz CT molecular complexity index is 473. The lowest BCUT2D eigenvalue weighted by Crippen LogP contribution is -2.40. The van der Waals surface area contributed by atoms with E-state index in [0.717, 1.165) is 12.0 Å². The quantitative estimate of drug-likeness (QED) is 0.793. The molecule has 1 aromatic rings. The zero-order valence-corrected chi connectivity index (χ0v) is 12.4.